The van der Waals surface area contributed by atoms with Gasteiger partial charge in [-0.05, 0) is 31.4 Å². The average Bonchev–Trinajstić information content (AvgIpc) is 3.10. The topological polar surface area (TPSA) is 78.7 Å². The first-order valence-electron chi connectivity index (χ1n) is 7.04. The Hall–Kier alpha value is -1.98. The predicted octanol–water partition coefficient (Wildman–Crippen LogP) is 1.00. The third-order valence-corrected chi connectivity index (χ3v) is 3.05. The van der Waals surface area contributed by atoms with Crippen LogP contribution in [0.1, 0.15) is 31.4 Å². The SMILES string of the molecule is CN=C(NCCCC(=O)NC1CC1)NCc1ccco1. The Labute approximate surface area is 119 Å². The number of hydrogen-bond acceptors (Lipinski definition) is 3. The quantitative estimate of drug-likeness (QED) is 0.395. The molecule has 6 nitrogen and oxygen atoms in total. The van der Waals surface area contributed by atoms with Gasteiger partial charge in [-0.25, -0.2) is 0 Å². The van der Waals surface area contributed by atoms with E-state index in [9.17, 15) is 4.79 Å². The molecular formula is C14H22N4O2. The van der Waals surface area contributed by atoms with Crippen molar-refractivity contribution in [1.29, 1.82) is 0 Å². The predicted molar refractivity (Wildman–Crippen MR) is 77.3 cm³/mol. The first kappa shape index (κ1) is 14.4. The van der Waals surface area contributed by atoms with Crippen molar-refractivity contribution in [2.75, 3.05) is 13.6 Å². The van der Waals surface area contributed by atoms with Crippen molar-refractivity contribution in [3.8, 4) is 0 Å². The third-order valence-electron chi connectivity index (χ3n) is 3.05. The molecule has 2 rings (SSSR count). The van der Waals surface area contributed by atoms with Gasteiger partial charge in [0.25, 0.3) is 0 Å². The summed E-state index contributed by atoms with van der Waals surface area (Å²) in [5.74, 6) is 1.72. The van der Waals surface area contributed by atoms with Crippen LogP contribution in [0.2, 0.25) is 0 Å². The van der Waals surface area contributed by atoms with Crippen LogP contribution in [-0.4, -0.2) is 31.5 Å². The number of rotatable bonds is 7. The molecule has 0 atom stereocenters. The van der Waals surface area contributed by atoms with Gasteiger partial charge in [-0.15, -0.1) is 0 Å². The second kappa shape index (κ2) is 7.57. The molecule has 0 bridgehead atoms. The van der Waals surface area contributed by atoms with E-state index < -0.39 is 0 Å². The lowest BCUT2D eigenvalue weighted by atomic mass is 10.3. The van der Waals surface area contributed by atoms with Gasteiger partial charge < -0.3 is 20.4 Å². The Morgan fingerprint density at radius 2 is 2.30 bits per heavy atom. The van der Waals surface area contributed by atoms with E-state index in [1.54, 1.807) is 13.3 Å². The van der Waals surface area contributed by atoms with Gasteiger partial charge in [0.2, 0.25) is 5.91 Å². The van der Waals surface area contributed by atoms with Crippen LogP contribution in [0.5, 0.6) is 0 Å². The fraction of sp³-hybridized carbons (Fsp3) is 0.571. The van der Waals surface area contributed by atoms with E-state index in [0.29, 0.717) is 25.0 Å². The summed E-state index contributed by atoms with van der Waals surface area (Å²) in [5.41, 5.74) is 0. The van der Waals surface area contributed by atoms with Crippen LogP contribution in [0.25, 0.3) is 0 Å². The number of guanidine groups is 1. The van der Waals surface area contributed by atoms with Crippen molar-refractivity contribution >= 4 is 11.9 Å². The number of amides is 1. The number of nitrogens with one attached hydrogen (secondary N) is 3. The summed E-state index contributed by atoms with van der Waals surface area (Å²) in [6.45, 7) is 1.31. The smallest absolute Gasteiger partial charge is 0.220 e. The van der Waals surface area contributed by atoms with E-state index >= 15 is 0 Å². The molecule has 1 aliphatic rings. The molecule has 1 amide bonds. The minimum atomic E-state index is 0.146. The molecule has 0 unspecified atom stereocenters. The monoisotopic (exact) mass is 278 g/mol. The Kier molecular flexibility index (Phi) is 5.46. The van der Waals surface area contributed by atoms with Crippen molar-refractivity contribution in [2.24, 2.45) is 4.99 Å². The van der Waals surface area contributed by atoms with Gasteiger partial charge in [0.15, 0.2) is 5.96 Å². The van der Waals surface area contributed by atoms with Crippen molar-refractivity contribution in [3.63, 3.8) is 0 Å². The van der Waals surface area contributed by atoms with Crippen molar-refractivity contribution in [3.05, 3.63) is 24.2 Å². The highest BCUT2D eigenvalue weighted by Crippen LogP contribution is 2.18. The Bertz CT molecular complexity index is 438. The van der Waals surface area contributed by atoms with E-state index in [2.05, 4.69) is 20.9 Å². The molecule has 110 valence electrons. The van der Waals surface area contributed by atoms with E-state index in [1.807, 2.05) is 12.1 Å². The highest BCUT2D eigenvalue weighted by atomic mass is 16.3. The molecule has 20 heavy (non-hydrogen) atoms. The number of furan rings is 1. The van der Waals surface area contributed by atoms with E-state index in [-0.39, 0.29) is 5.91 Å². The molecule has 1 aromatic rings. The summed E-state index contributed by atoms with van der Waals surface area (Å²) in [7, 11) is 1.72. The second-order valence-corrected chi connectivity index (χ2v) is 4.88. The lowest BCUT2D eigenvalue weighted by Gasteiger charge is -2.10. The van der Waals surface area contributed by atoms with Gasteiger partial charge in [0.1, 0.15) is 5.76 Å². The number of aliphatic imine (C=N–C) groups is 1. The lowest BCUT2D eigenvalue weighted by Crippen LogP contribution is -2.37. The summed E-state index contributed by atoms with van der Waals surface area (Å²) >= 11 is 0. The van der Waals surface area contributed by atoms with Crippen LogP contribution in [-0.2, 0) is 11.3 Å². The first-order valence-corrected chi connectivity index (χ1v) is 7.04. The van der Waals surface area contributed by atoms with Crippen molar-refractivity contribution < 1.29 is 9.21 Å². The van der Waals surface area contributed by atoms with Crippen LogP contribution in [0, 0.1) is 0 Å². The Morgan fingerprint density at radius 3 is 2.95 bits per heavy atom. The molecule has 1 fully saturated rings. The zero-order valence-corrected chi connectivity index (χ0v) is 11.8. The molecule has 0 saturated heterocycles. The van der Waals surface area contributed by atoms with Crippen LogP contribution >= 0.6 is 0 Å². The summed E-state index contributed by atoms with van der Waals surface area (Å²) < 4.78 is 5.23. The normalized spacial score (nSPS) is 14.9. The fourth-order valence-corrected chi connectivity index (χ4v) is 1.79. The zero-order chi connectivity index (χ0) is 14.2. The van der Waals surface area contributed by atoms with Crippen LogP contribution in [0.15, 0.2) is 27.8 Å². The van der Waals surface area contributed by atoms with Crippen molar-refractivity contribution in [1.82, 2.24) is 16.0 Å². The summed E-state index contributed by atoms with van der Waals surface area (Å²) in [6, 6.07) is 4.20. The maximum absolute atomic E-state index is 11.5. The van der Waals surface area contributed by atoms with Gasteiger partial charge in [0.05, 0.1) is 12.8 Å². The molecule has 6 heteroatoms. The molecular weight excluding hydrogens is 256 g/mol. The largest absolute Gasteiger partial charge is 0.467 e. The molecule has 0 spiro atoms. The average molecular weight is 278 g/mol. The summed E-state index contributed by atoms with van der Waals surface area (Å²) in [6.07, 6.45) is 5.25. The van der Waals surface area contributed by atoms with Gasteiger partial charge in [-0.1, -0.05) is 0 Å². The van der Waals surface area contributed by atoms with E-state index in [0.717, 1.165) is 31.6 Å². The van der Waals surface area contributed by atoms with Crippen molar-refractivity contribution in [2.45, 2.75) is 38.3 Å². The highest BCUT2D eigenvalue weighted by Gasteiger charge is 2.22. The molecule has 0 radical (unpaired) electrons. The van der Waals surface area contributed by atoms with Crippen LogP contribution < -0.4 is 16.0 Å². The number of nitrogens with zero attached hydrogens (tertiary/aromatic N) is 1. The first-order chi connectivity index (χ1) is 9.78. The molecule has 1 saturated carbocycles. The minimum absolute atomic E-state index is 0.146. The molecule has 0 aliphatic heterocycles. The number of hydrogen-bond donors (Lipinski definition) is 3. The van der Waals surface area contributed by atoms with E-state index in [4.69, 9.17) is 4.42 Å². The zero-order valence-electron chi connectivity index (χ0n) is 11.8. The fourth-order valence-electron chi connectivity index (χ4n) is 1.79. The highest BCUT2D eigenvalue weighted by molar-refractivity contribution is 5.79. The van der Waals surface area contributed by atoms with Gasteiger partial charge in [0, 0.05) is 26.1 Å². The Balaban J connectivity index is 1.55. The van der Waals surface area contributed by atoms with Gasteiger partial charge in [-0.3, -0.25) is 9.79 Å². The molecule has 1 aromatic heterocycles. The van der Waals surface area contributed by atoms with Crippen LogP contribution in [0.3, 0.4) is 0 Å². The van der Waals surface area contributed by atoms with Gasteiger partial charge in [-0.2, -0.15) is 0 Å². The van der Waals surface area contributed by atoms with Crippen LogP contribution in [0.4, 0.5) is 0 Å². The maximum atomic E-state index is 11.5. The molecule has 1 aliphatic carbocycles. The number of carbonyl (C=O) groups excluding carboxylic acids is 1. The lowest BCUT2D eigenvalue weighted by molar-refractivity contribution is -0.121. The maximum Gasteiger partial charge on any atom is 0.220 e. The second-order valence-electron chi connectivity index (χ2n) is 4.88. The summed E-state index contributed by atoms with van der Waals surface area (Å²) in [4.78, 5) is 15.6. The minimum Gasteiger partial charge on any atom is -0.467 e. The summed E-state index contributed by atoms with van der Waals surface area (Å²) in [5, 5.41) is 9.29. The number of carbonyl (C=O) groups is 1. The molecule has 1 heterocycles. The Morgan fingerprint density at radius 1 is 1.45 bits per heavy atom. The molecule has 0 aromatic carbocycles. The standard InChI is InChI=1S/C14H22N4O2/c1-15-14(17-10-12-4-3-9-20-12)16-8-2-5-13(19)18-11-6-7-11/h3-4,9,11H,2,5-8,10H2,1H3,(H,18,19)(H2,15,16,17). The van der Waals surface area contributed by atoms with Gasteiger partial charge >= 0.3 is 0 Å². The molecule has 3 N–H and O–H groups in total. The van der Waals surface area contributed by atoms with E-state index in [1.165, 1.54) is 0 Å². The third kappa shape index (κ3) is 5.34.